The minimum atomic E-state index is -0.380. The highest BCUT2D eigenvalue weighted by Gasteiger charge is 2.42. The molecule has 1 heterocycles. The van der Waals surface area contributed by atoms with Crippen LogP contribution in [-0.2, 0) is 4.79 Å². The Morgan fingerprint density at radius 1 is 1.45 bits per heavy atom. The first-order valence-electron chi connectivity index (χ1n) is 7.07. The molecule has 20 heavy (non-hydrogen) atoms. The molecule has 1 aliphatic heterocycles. The summed E-state index contributed by atoms with van der Waals surface area (Å²) in [7, 11) is 1.46. The highest BCUT2D eigenvalue weighted by atomic mass is 19.1. The predicted molar refractivity (Wildman–Crippen MR) is 74.2 cm³/mol. The fourth-order valence-electron chi connectivity index (χ4n) is 3.45. The van der Waals surface area contributed by atoms with Crippen molar-refractivity contribution in [2.24, 2.45) is 11.8 Å². The third-order valence-electron chi connectivity index (χ3n) is 4.45. The molecule has 0 spiro atoms. The number of methoxy groups -OCH3 is 1. The van der Waals surface area contributed by atoms with E-state index >= 15 is 0 Å². The molecule has 1 amide bonds. The van der Waals surface area contributed by atoms with Crippen LogP contribution < -0.4 is 15.4 Å². The second-order valence-corrected chi connectivity index (χ2v) is 5.57. The summed E-state index contributed by atoms with van der Waals surface area (Å²) < 4.78 is 18.2. The molecule has 0 radical (unpaired) electrons. The van der Waals surface area contributed by atoms with Crippen molar-refractivity contribution in [3.05, 3.63) is 24.0 Å². The number of rotatable bonds is 3. The van der Waals surface area contributed by atoms with Gasteiger partial charge in [-0.1, -0.05) is 6.42 Å². The largest absolute Gasteiger partial charge is 0.494 e. The molecule has 2 fully saturated rings. The Kier molecular flexibility index (Phi) is 3.61. The van der Waals surface area contributed by atoms with Crippen molar-refractivity contribution < 1.29 is 13.9 Å². The summed E-state index contributed by atoms with van der Waals surface area (Å²) in [6, 6.07) is 3.99. The van der Waals surface area contributed by atoms with Crippen LogP contribution in [-0.4, -0.2) is 25.6 Å². The van der Waals surface area contributed by atoms with Crippen LogP contribution >= 0.6 is 0 Å². The second-order valence-electron chi connectivity index (χ2n) is 5.57. The maximum Gasteiger partial charge on any atom is 0.241 e. The van der Waals surface area contributed by atoms with Crippen LogP contribution in [0.15, 0.2) is 18.2 Å². The van der Waals surface area contributed by atoms with Crippen LogP contribution in [0.4, 0.5) is 10.1 Å². The molecule has 1 saturated heterocycles. The van der Waals surface area contributed by atoms with E-state index in [2.05, 4.69) is 10.6 Å². The molecular formula is C15H19FN2O2. The predicted octanol–water partition coefficient (Wildman–Crippen LogP) is 2.16. The summed E-state index contributed by atoms with van der Waals surface area (Å²) in [6.45, 7) is 0.920. The summed E-state index contributed by atoms with van der Waals surface area (Å²) >= 11 is 0. The van der Waals surface area contributed by atoms with Crippen LogP contribution in [0.5, 0.6) is 5.75 Å². The van der Waals surface area contributed by atoms with Gasteiger partial charge in [-0.25, -0.2) is 4.39 Å². The monoisotopic (exact) mass is 278 g/mol. The highest BCUT2D eigenvalue weighted by Crippen LogP contribution is 2.38. The van der Waals surface area contributed by atoms with Gasteiger partial charge in [-0.05, 0) is 43.4 Å². The van der Waals surface area contributed by atoms with E-state index in [-0.39, 0.29) is 17.8 Å². The molecule has 1 aromatic rings. The van der Waals surface area contributed by atoms with Crippen LogP contribution in [0, 0.1) is 17.7 Å². The number of fused-ring (bicyclic) bond motifs is 1. The van der Waals surface area contributed by atoms with Crippen molar-refractivity contribution in [2.75, 3.05) is 19.0 Å². The fourth-order valence-corrected chi connectivity index (χ4v) is 3.45. The van der Waals surface area contributed by atoms with Crippen molar-refractivity contribution in [3.8, 4) is 5.75 Å². The van der Waals surface area contributed by atoms with Crippen molar-refractivity contribution in [1.82, 2.24) is 5.32 Å². The minimum Gasteiger partial charge on any atom is -0.494 e. The van der Waals surface area contributed by atoms with E-state index in [4.69, 9.17) is 4.74 Å². The SMILES string of the molecule is COc1cc(F)ccc1NC(=O)C1NCC2CCCC21. The van der Waals surface area contributed by atoms with Crippen molar-refractivity contribution >= 4 is 11.6 Å². The zero-order chi connectivity index (χ0) is 14.1. The number of benzene rings is 1. The molecule has 2 aliphatic rings. The van der Waals surface area contributed by atoms with Crippen molar-refractivity contribution in [3.63, 3.8) is 0 Å². The van der Waals surface area contributed by atoms with E-state index in [1.165, 1.54) is 38.2 Å². The Morgan fingerprint density at radius 3 is 3.10 bits per heavy atom. The number of hydrogen-bond donors (Lipinski definition) is 2. The van der Waals surface area contributed by atoms with E-state index in [1.807, 2.05) is 0 Å². The number of anilines is 1. The lowest BCUT2D eigenvalue weighted by Crippen LogP contribution is -2.39. The van der Waals surface area contributed by atoms with E-state index < -0.39 is 0 Å². The summed E-state index contributed by atoms with van der Waals surface area (Å²) in [6.07, 6.45) is 3.53. The molecule has 3 atom stereocenters. The molecule has 1 aliphatic carbocycles. The van der Waals surface area contributed by atoms with Gasteiger partial charge in [-0.2, -0.15) is 0 Å². The van der Waals surface area contributed by atoms with Gasteiger partial charge < -0.3 is 15.4 Å². The molecule has 0 aromatic heterocycles. The van der Waals surface area contributed by atoms with Gasteiger partial charge in [-0.15, -0.1) is 0 Å². The van der Waals surface area contributed by atoms with E-state index in [1.54, 1.807) is 0 Å². The average Bonchev–Trinajstić information content (AvgIpc) is 3.03. The number of hydrogen-bond acceptors (Lipinski definition) is 3. The van der Waals surface area contributed by atoms with Crippen LogP contribution in [0.1, 0.15) is 19.3 Å². The Balaban J connectivity index is 1.73. The maximum absolute atomic E-state index is 13.1. The summed E-state index contributed by atoms with van der Waals surface area (Å²) in [5, 5.41) is 6.15. The fraction of sp³-hybridized carbons (Fsp3) is 0.533. The quantitative estimate of drug-likeness (QED) is 0.891. The lowest BCUT2D eigenvalue weighted by atomic mass is 9.93. The molecule has 1 aromatic carbocycles. The maximum atomic E-state index is 13.1. The van der Waals surface area contributed by atoms with Gasteiger partial charge in [0, 0.05) is 6.07 Å². The van der Waals surface area contributed by atoms with Gasteiger partial charge in [0.05, 0.1) is 18.8 Å². The van der Waals surface area contributed by atoms with Crippen LogP contribution in [0.2, 0.25) is 0 Å². The van der Waals surface area contributed by atoms with Gasteiger partial charge >= 0.3 is 0 Å². The Labute approximate surface area is 117 Å². The summed E-state index contributed by atoms with van der Waals surface area (Å²) in [4.78, 5) is 12.4. The zero-order valence-electron chi connectivity index (χ0n) is 11.5. The van der Waals surface area contributed by atoms with Crippen LogP contribution in [0.25, 0.3) is 0 Å². The Hall–Kier alpha value is -1.62. The standard InChI is InChI=1S/C15H19FN2O2/c1-20-13-7-10(16)5-6-12(13)18-15(19)14-11-4-2-3-9(11)8-17-14/h5-7,9,11,14,17H,2-4,8H2,1H3,(H,18,19). The number of ether oxygens (including phenoxy) is 1. The Morgan fingerprint density at radius 2 is 2.30 bits per heavy atom. The number of halogens is 1. The van der Waals surface area contributed by atoms with E-state index in [9.17, 15) is 9.18 Å². The normalized spacial score (nSPS) is 28.2. The molecule has 108 valence electrons. The van der Waals surface area contributed by atoms with Gasteiger partial charge in [0.25, 0.3) is 0 Å². The van der Waals surface area contributed by atoms with Gasteiger partial charge in [-0.3, -0.25) is 4.79 Å². The summed E-state index contributed by atoms with van der Waals surface area (Å²) in [5.74, 6) is 0.973. The third-order valence-corrected chi connectivity index (χ3v) is 4.45. The van der Waals surface area contributed by atoms with Crippen molar-refractivity contribution in [1.29, 1.82) is 0 Å². The number of nitrogens with one attached hydrogen (secondary N) is 2. The Bertz CT molecular complexity index is 521. The van der Waals surface area contributed by atoms with Gasteiger partial charge in [0.2, 0.25) is 5.91 Å². The first kappa shape index (κ1) is 13.4. The molecule has 0 bridgehead atoms. The third kappa shape index (κ3) is 2.38. The average molecular weight is 278 g/mol. The number of amides is 1. The van der Waals surface area contributed by atoms with Gasteiger partial charge in [0.1, 0.15) is 11.6 Å². The smallest absolute Gasteiger partial charge is 0.241 e. The first-order chi connectivity index (χ1) is 9.69. The lowest BCUT2D eigenvalue weighted by Gasteiger charge is -2.18. The topological polar surface area (TPSA) is 50.4 Å². The van der Waals surface area contributed by atoms with Crippen molar-refractivity contribution in [2.45, 2.75) is 25.3 Å². The van der Waals surface area contributed by atoms with Gasteiger partial charge in [0.15, 0.2) is 0 Å². The molecular weight excluding hydrogens is 259 g/mol. The molecule has 3 rings (SSSR count). The number of carbonyl (C=O) groups excluding carboxylic acids is 1. The molecule has 3 unspecified atom stereocenters. The minimum absolute atomic E-state index is 0.0516. The van der Waals surface area contributed by atoms with E-state index in [0.29, 0.717) is 23.3 Å². The highest BCUT2D eigenvalue weighted by molar-refractivity contribution is 5.96. The molecule has 2 N–H and O–H groups in total. The second kappa shape index (κ2) is 5.40. The molecule has 4 nitrogen and oxygen atoms in total. The summed E-state index contributed by atoms with van der Waals surface area (Å²) in [5.41, 5.74) is 0.516. The van der Waals surface area contributed by atoms with E-state index in [0.717, 1.165) is 13.0 Å². The lowest BCUT2D eigenvalue weighted by molar-refractivity contribution is -0.118. The first-order valence-corrected chi connectivity index (χ1v) is 7.07. The number of carbonyl (C=O) groups is 1. The van der Waals surface area contributed by atoms with Crippen LogP contribution in [0.3, 0.4) is 0 Å². The zero-order valence-corrected chi connectivity index (χ0v) is 11.5. The molecule has 1 saturated carbocycles. The molecule has 5 heteroatoms.